The van der Waals surface area contributed by atoms with Crippen molar-refractivity contribution >= 4 is 46.3 Å². The third-order valence-electron chi connectivity index (χ3n) is 5.92. The van der Waals surface area contributed by atoms with E-state index in [0.29, 0.717) is 10.7 Å². The molecule has 5 nitrogen and oxygen atoms in total. The van der Waals surface area contributed by atoms with Gasteiger partial charge in [0.25, 0.3) is 0 Å². The molecule has 0 aliphatic heterocycles. The van der Waals surface area contributed by atoms with Crippen LogP contribution < -0.4 is 10.6 Å². The molecule has 1 fully saturated rings. The molecule has 0 radical (unpaired) electrons. The fourth-order valence-corrected chi connectivity index (χ4v) is 5.26. The number of rotatable bonds is 6. The molecular weight excluding hydrogens is 456 g/mol. The summed E-state index contributed by atoms with van der Waals surface area (Å²) in [5, 5.41) is 8.35. The van der Waals surface area contributed by atoms with Crippen LogP contribution in [0.15, 0.2) is 60.0 Å². The van der Waals surface area contributed by atoms with Gasteiger partial charge in [-0.25, -0.2) is 4.79 Å². The zero-order chi connectivity index (χ0) is 23.2. The number of ether oxygens (including phenoxy) is 1. The van der Waals surface area contributed by atoms with Gasteiger partial charge in [0.2, 0.25) is 5.91 Å². The molecule has 1 atom stereocenters. The number of thiophene rings is 1. The average Bonchev–Trinajstić information content (AvgIpc) is 3.28. The minimum atomic E-state index is -0.543. The predicted molar refractivity (Wildman–Crippen MR) is 135 cm³/mol. The highest BCUT2D eigenvalue weighted by Crippen LogP contribution is 2.35. The van der Waals surface area contributed by atoms with Crippen LogP contribution in [0.2, 0.25) is 5.02 Å². The first-order chi connectivity index (χ1) is 16.0. The van der Waals surface area contributed by atoms with E-state index in [2.05, 4.69) is 10.6 Å². The highest BCUT2D eigenvalue weighted by Gasteiger charge is 2.21. The third kappa shape index (κ3) is 5.95. The van der Waals surface area contributed by atoms with Gasteiger partial charge in [-0.3, -0.25) is 10.1 Å². The third-order valence-corrected chi connectivity index (χ3v) is 7.23. The van der Waals surface area contributed by atoms with Crippen molar-refractivity contribution in [2.75, 3.05) is 10.6 Å². The summed E-state index contributed by atoms with van der Waals surface area (Å²) in [6, 6.07) is 16.9. The van der Waals surface area contributed by atoms with E-state index in [-0.39, 0.29) is 11.8 Å². The van der Waals surface area contributed by atoms with Crippen molar-refractivity contribution in [3.8, 4) is 10.4 Å². The molecule has 33 heavy (non-hydrogen) atoms. The van der Waals surface area contributed by atoms with Gasteiger partial charge in [0, 0.05) is 22.2 Å². The minimum Gasteiger partial charge on any atom is -0.441 e. The molecule has 172 valence electrons. The van der Waals surface area contributed by atoms with E-state index in [1.54, 1.807) is 13.0 Å². The molecule has 0 saturated heterocycles. The Labute approximate surface area is 203 Å². The van der Waals surface area contributed by atoms with Crippen molar-refractivity contribution in [1.29, 1.82) is 0 Å². The molecule has 0 spiro atoms. The zero-order valence-electron chi connectivity index (χ0n) is 18.5. The number of hydrogen-bond acceptors (Lipinski definition) is 4. The Bertz CT molecular complexity index is 1110. The van der Waals surface area contributed by atoms with Crippen molar-refractivity contribution < 1.29 is 14.3 Å². The van der Waals surface area contributed by atoms with Crippen LogP contribution in [-0.2, 0) is 9.53 Å². The van der Waals surface area contributed by atoms with E-state index < -0.39 is 12.2 Å². The summed E-state index contributed by atoms with van der Waals surface area (Å²) in [5.41, 5.74) is 3.17. The van der Waals surface area contributed by atoms with Crippen molar-refractivity contribution in [3.05, 3.63) is 70.6 Å². The normalized spacial score (nSPS) is 15.0. The molecule has 1 aliphatic carbocycles. The summed E-state index contributed by atoms with van der Waals surface area (Å²) in [4.78, 5) is 25.9. The van der Waals surface area contributed by atoms with Crippen LogP contribution in [-0.4, -0.2) is 12.0 Å². The van der Waals surface area contributed by atoms with Gasteiger partial charge < -0.3 is 10.1 Å². The maximum atomic E-state index is 12.5. The topological polar surface area (TPSA) is 67.4 Å². The summed E-state index contributed by atoms with van der Waals surface area (Å²) < 4.78 is 5.52. The Kier molecular flexibility index (Phi) is 7.68. The second-order valence-corrected chi connectivity index (χ2v) is 9.58. The van der Waals surface area contributed by atoms with Gasteiger partial charge >= 0.3 is 6.09 Å². The molecule has 1 saturated carbocycles. The van der Waals surface area contributed by atoms with Crippen LogP contribution in [0, 0.1) is 5.92 Å². The number of amides is 2. The van der Waals surface area contributed by atoms with Crippen LogP contribution in [0.4, 0.5) is 16.2 Å². The van der Waals surface area contributed by atoms with E-state index in [1.807, 2.05) is 53.9 Å². The first kappa shape index (κ1) is 23.3. The Morgan fingerprint density at radius 2 is 1.73 bits per heavy atom. The lowest BCUT2D eigenvalue weighted by Crippen LogP contribution is -2.24. The first-order valence-corrected chi connectivity index (χ1v) is 12.5. The fourth-order valence-electron chi connectivity index (χ4n) is 4.11. The molecule has 1 aliphatic rings. The zero-order valence-corrected chi connectivity index (χ0v) is 20.0. The first-order valence-electron chi connectivity index (χ1n) is 11.2. The summed E-state index contributed by atoms with van der Waals surface area (Å²) in [6.07, 6.45) is 4.40. The van der Waals surface area contributed by atoms with Crippen LogP contribution in [0.1, 0.15) is 50.7 Å². The molecule has 3 aromatic rings. The monoisotopic (exact) mass is 482 g/mol. The summed E-state index contributed by atoms with van der Waals surface area (Å²) in [6.45, 7) is 1.79. The van der Waals surface area contributed by atoms with Crippen molar-refractivity contribution in [1.82, 2.24) is 0 Å². The quantitative estimate of drug-likeness (QED) is 0.375. The number of carbonyl (C=O) groups is 2. The molecule has 2 N–H and O–H groups in total. The average molecular weight is 483 g/mol. The van der Waals surface area contributed by atoms with E-state index in [1.165, 1.54) is 17.8 Å². The largest absolute Gasteiger partial charge is 0.441 e. The van der Waals surface area contributed by atoms with Gasteiger partial charge in [-0.05, 0) is 55.0 Å². The Morgan fingerprint density at radius 3 is 2.45 bits per heavy atom. The summed E-state index contributed by atoms with van der Waals surface area (Å²) in [7, 11) is 0. The summed E-state index contributed by atoms with van der Waals surface area (Å²) in [5.74, 6) is 0.224. The van der Waals surface area contributed by atoms with Gasteiger partial charge in [0.05, 0.1) is 10.6 Å². The van der Waals surface area contributed by atoms with Gasteiger partial charge in [0.15, 0.2) is 0 Å². The lowest BCUT2D eigenvalue weighted by Gasteiger charge is -2.20. The lowest BCUT2D eigenvalue weighted by molar-refractivity contribution is -0.120. The van der Waals surface area contributed by atoms with Crippen molar-refractivity contribution in [2.24, 2.45) is 5.92 Å². The molecule has 4 rings (SSSR count). The highest BCUT2D eigenvalue weighted by molar-refractivity contribution is 7.14. The minimum absolute atomic E-state index is 0.108. The highest BCUT2D eigenvalue weighted by atomic mass is 35.5. The smallest absolute Gasteiger partial charge is 0.412 e. The fraction of sp³-hybridized carbons (Fsp3) is 0.308. The predicted octanol–water partition coefficient (Wildman–Crippen LogP) is 7.90. The van der Waals surface area contributed by atoms with E-state index >= 15 is 0 Å². The second-order valence-electron chi connectivity index (χ2n) is 8.26. The van der Waals surface area contributed by atoms with Crippen LogP contribution in [0.3, 0.4) is 0 Å². The number of carbonyl (C=O) groups excluding carboxylic acids is 2. The number of benzene rings is 2. The van der Waals surface area contributed by atoms with E-state index in [4.69, 9.17) is 16.3 Å². The van der Waals surface area contributed by atoms with Crippen LogP contribution in [0.5, 0.6) is 0 Å². The van der Waals surface area contributed by atoms with Crippen LogP contribution >= 0.6 is 22.9 Å². The van der Waals surface area contributed by atoms with Crippen molar-refractivity contribution in [3.63, 3.8) is 0 Å². The number of anilines is 2. The molecule has 0 unspecified atom stereocenters. The SMILES string of the molecule is C[C@@H](OC(=O)Nc1ccsc1-c1ccc(NC(=O)C2CCCCC2)cc1)c1ccccc1Cl. The maximum Gasteiger partial charge on any atom is 0.412 e. The molecule has 2 aromatic carbocycles. The van der Waals surface area contributed by atoms with E-state index in [9.17, 15) is 9.59 Å². The Hall–Kier alpha value is -2.83. The molecule has 2 amide bonds. The maximum absolute atomic E-state index is 12.5. The molecule has 1 heterocycles. The molecule has 0 bridgehead atoms. The number of halogens is 1. The molecule has 1 aromatic heterocycles. The van der Waals surface area contributed by atoms with Gasteiger partial charge in [-0.15, -0.1) is 11.3 Å². The van der Waals surface area contributed by atoms with Gasteiger partial charge in [-0.1, -0.05) is 61.2 Å². The molecule has 7 heteroatoms. The van der Waals surface area contributed by atoms with Crippen molar-refractivity contribution in [2.45, 2.75) is 45.1 Å². The second kappa shape index (κ2) is 10.9. The Balaban J connectivity index is 1.38. The Morgan fingerprint density at radius 1 is 1.00 bits per heavy atom. The van der Waals surface area contributed by atoms with Crippen LogP contribution in [0.25, 0.3) is 10.4 Å². The summed E-state index contributed by atoms with van der Waals surface area (Å²) >= 11 is 7.73. The van der Waals surface area contributed by atoms with E-state index in [0.717, 1.165) is 47.4 Å². The lowest BCUT2D eigenvalue weighted by atomic mass is 9.88. The standard InChI is InChI=1S/C26H27ClN2O3S/c1-17(21-9-5-6-10-22(21)27)32-26(31)29-23-15-16-33-24(23)18-11-13-20(14-12-18)28-25(30)19-7-3-2-4-8-19/h5-6,9-17,19H,2-4,7-8H2,1H3,(H,28,30)(H,29,31)/t17-/m1/s1. The van der Waals surface area contributed by atoms with Gasteiger partial charge in [-0.2, -0.15) is 0 Å². The molecular formula is C26H27ClN2O3S. The number of hydrogen-bond donors (Lipinski definition) is 2. The van der Waals surface area contributed by atoms with Gasteiger partial charge in [0.1, 0.15) is 6.10 Å². The number of nitrogens with one attached hydrogen (secondary N) is 2.